The third-order valence-electron chi connectivity index (χ3n) is 4.39. The first-order valence-electron chi connectivity index (χ1n) is 8.89. The van der Waals surface area contributed by atoms with E-state index >= 15 is 0 Å². The van der Waals surface area contributed by atoms with Gasteiger partial charge in [-0.2, -0.15) is 0 Å². The Hall–Kier alpha value is -1.62. The molecule has 0 radical (unpaired) electrons. The van der Waals surface area contributed by atoms with Gasteiger partial charge in [0.25, 0.3) is 0 Å². The van der Waals surface area contributed by atoms with E-state index in [-0.39, 0.29) is 11.8 Å². The summed E-state index contributed by atoms with van der Waals surface area (Å²) in [4.78, 5) is 11.6. The van der Waals surface area contributed by atoms with Crippen LogP contribution >= 0.6 is 12.2 Å². The Labute approximate surface area is 150 Å². The number of hydrogen-bond acceptors (Lipinski definition) is 3. The van der Waals surface area contributed by atoms with Gasteiger partial charge in [0.15, 0.2) is 5.11 Å². The number of benzene rings is 1. The molecule has 1 aromatic carbocycles. The molecule has 1 fully saturated rings. The van der Waals surface area contributed by atoms with Gasteiger partial charge < -0.3 is 15.4 Å². The second-order valence-corrected chi connectivity index (χ2v) is 7.17. The van der Waals surface area contributed by atoms with Crippen LogP contribution in [0.25, 0.3) is 0 Å². The summed E-state index contributed by atoms with van der Waals surface area (Å²) in [5.41, 5.74) is 0.837. The molecule has 2 N–H and O–H groups in total. The summed E-state index contributed by atoms with van der Waals surface area (Å²) in [5, 5.41) is 5.99. The summed E-state index contributed by atoms with van der Waals surface area (Å²) in [5.74, 6) is 1.52. The molecule has 0 aromatic heterocycles. The predicted octanol–water partition coefficient (Wildman–Crippen LogP) is 4.50. The topological polar surface area (TPSA) is 50.4 Å². The summed E-state index contributed by atoms with van der Waals surface area (Å²) in [6.45, 7) is 4.44. The molecular formula is C19H28N2O2S. The second-order valence-electron chi connectivity index (χ2n) is 6.76. The van der Waals surface area contributed by atoms with E-state index in [2.05, 4.69) is 10.6 Å². The van der Waals surface area contributed by atoms with Crippen LogP contribution in [0.4, 0.5) is 5.69 Å². The van der Waals surface area contributed by atoms with Crippen molar-refractivity contribution in [2.75, 3.05) is 11.9 Å². The molecule has 2 rings (SSSR count). The van der Waals surface area contributed by atoms with Crippen LogP contribution in [-0.4, -0.2) is 17.6 Å². The van der Waals surface area contributed by atoms with Gasteiger partial charge in [-0.05, 0) is 48.8 Å². The van der Waals surface area contributed by atoms with Crippen LogP contribution in [0.15, 0.2) is 24.3 Å². The molecule has 1 saturated carbocycles. The van der Waals surface area contributed by atoms with E-state index < -0.39 is 0 Å². The summed E-state index contributed by atoms with van der Waals surface area (Å²) in [7, 11) is 0. The SMILES string of the molecule is CC(C)C(=O)NC(=S)Nc1ccc(OCCC2CCCCC2)cc1. The lowest BCUT2D eigenvalue weighted by Gasteiger charge is -2.21. The monoisotopic (exact) mass is 348 g/mol. The van der Waals surface area contributed by atoms with Crippen molar-refractivity contribution in [1.82, 2.24) is 5.32 Å². The van der Waals surface area contributed by atoms with Gasteiger partial charge in [0.05, 0.1) is 6.61 Å². The summed E-state index contributed by atoms with van der Waals surface area (Å²) in [6.07, 6.45) is 7.99. The molecule has 0 saturated heterocycles. The molecule has 0 unspecified atom stereocenters. The Morgan fingerprint density at radius 2 is 1.88 bits per heavy atom. The number of anilines is 1. The first-order chi connectivity index (χ1) is 11.5. The number of amides is 1. The molecule has 0 spiro atoms. The molecule has 0 aliphatic heterocycles. The van der Waals surface area contributed by atoms with Crippen molar-refractivity contribution in [2.24, 2.45) is 11.8 Å². The zero-order valence-electron chi connectivity index (χ0n) is 14.6. The Morgan fingerprint density at radius 1 is 1.21 bits per heavy atom. The van der Waals surface area contributed by atoms with E-state index in [0.29, 0.717) is 5.11 Å². The number of ether oxygens (including phenoxy) is 1. The third kappa shape index (κ3) is 6.48. The van der Waals surface area contributed by atoms with Gasteiger partial charge >= 0.3 is 0 Å². The van der Waals surface area contributed by atoms with Gasteiger partial charge in [0.1, 0.15) is 5.75 Å². The van der Waals surface area contributed by atoms with E-state index in [1.165, 1.54) is 32.1 Å². The number of carbonyl (C=O) groups excluding carboxylic acids is 1. The van der Waals surface area contributed by atoms with Crippen molar-refractivity contribution in [1.29, 1.82) is 0 Å². The fourth-order valence-corrected chi connectivity index (χ4v) is 3.09. The van der Waals surface area contributed by atoms with Crippen LogP contribution in [0.5, 0.6) is 5.75 Å². The van der Waals surface area contributed by atoms with Crippen molar-refractivity contribution < 1.29 is 9.53 Å². The maximum atomic E-state index is 11.6. The minimum atomic E-state index is -0.0929. The Bertz CT molecular complexity index is 537. The summed E-state index contributed by atoms with van der Waals surface area (Å²) >= 11 is 5.13. The zero-order chi connectivity index (χ0) is 17.4. The van der Waals surface area contributed by atoms with Gasteiger partial charge in [-0.25, -0.2) is 0 Å². The summed E-state index contributed by atoms with van der Waals surface area (Å²) in [6, 6.07) is 7.67. The molecular weight excluding hydrogens is 320 g/mol. The highest BCUT2D eigenvalue weighted by atomic mass is 32.1. The average molecular weight is 349 g/mol. The third-order valence-corrected chi connectivity index (χ3v) is 4.60. The normalized spacial score (nSPS) is 15.1. The van der Waals surface area contributed by atoms with E-state index in [4.69, 9.17) is 17.0 Å². The van der Waals surface area contributed by atoms with Gasteiger partial charge in [-0.15, -0.1) is 0 Å². The van der Waals surface area contributed by atoms with Crippen LogP contribution in [0.2, 0.25) is 0 Å². The standard InChI is InChI=1S/C19H28N2O2S/c1-14(2)18(22)21-19(24)20-16-8-10-17(11-9-16)23-13-12-15-6-4-3-5-7-15/h8-11,14-15H,3-7,12-13H2,1-2H3,(H2,20,21,22,24). The van der Waals surface area contributed by atoms with Crippen LogP contribution in [0.1, 0.15) is 52.4 Å². The molecule has 0 bridgehead atoms. The molecule has 132 valence electrons. The molecule has 0 atom stereocenters. The smallest absolute Gasteiger partial charge is 0.228 e. The average Bonchev–Trinajstić information content (AvgIpc) is 2.57. The quantitative estimate of drug-likeness (QED) is 0.743. The highest BCUT2D eigenvalue weighted by Gasteiger charge is 2.13. The molecule has 1 aliphatic carbocycles. The number of hydrogen-bond donors (Lipinski definition) is 2. The minimum Gasteiger partial charge on any atom is -0.494 e. The van der Waals surface area contributed by atoms with Crippen molar-refractivity contribution >= 4 is 28.9 Å². The Balaban J connectivity index is 1.71. The molecule has 0 heterocycles. The molecule has 1 aliphatic rings. The zero-order valence-corrected chi connectivity index (χ0v) is 15.5. The first kappa shape index (κ1) is 18.7. The van der Waals surface area contributed by atoms with Gasteiger partial charge in [0, 0.05) is 11.6 Å². The largest absolute Gasteiger partial charge is 0.494 e. The molecule has 4 nitrogen and oxygen atoms in total. The molecule has 1 amide bonds. The van der Waals surface area contributed by atoms with E-state index in [1.807, 2.05) is 38.1 Å². The minimum absolute atomic E-state index is 0.0878. The van der Waals surface area contributed by atoms with Crippen molar-refractivity contribution in [3.63, 3.8) is 0 Å². The molecule has 24 heavy (non-hydrogen) atoms. The van der Waals surface area contributed by atoms with Crippen LogP contribution < -0.4 is 15.4 Å². The van der Waals surface area contributed by atoms with Crippen molar-refractivity contribution in [3.05, 3.63) is 24.3 Å². The van der Waals surface area contributed by atoms with Crippen LogP contribution in [-0.2, 0) is 4.79 Å². The maximum absolute atomic E-state index is 11.6. The maximum Gasteiger partial charge on any atom is 0.228 e. The van der Waals surface area contributed by atoms with Gasteiger partial charge in [-0.3, -0.25) is 4.79 Å². The van der Waals surface area contributed by atoms with E-state index in [0.717, 1.165) is 30.4 Å². The highest BCUT2D eigenvalue weighted by Crippen LogP contribution is 2.26. The lowest BCUT2D eigenvalue weighted by molar-refractivity contribution is -0.122. The van der Waals surface area contributed by atoms with Crippen LogP contribution in [0.3, 0.4) is 0 Å². The Morgan fingerprint density at radius 3 is 2.50 bits per heavy atom. The number of thiocarbonyl (C=S) groups is 1. The van der Waals surface area contributed by atoms with Crippen molar-refractivity contribution in [3.8, 4) is 5.75 Å². The van der Waals surface area contributed by atoms with Crippen molar-refractivity contribution in [2.45, 2.75) is 52.4 Å². The van der Waals surface area contributed by atoms with E-state index in [9.17, 15) is 4.79 Å². The fourth-order valence-electron chi connectivity index (χ4n) is 2.87. The lowest BCUT2D eigenvalue weighted by Crippen LogP contribution is -2.36. The summed E-state index contributed by atoms with van der Waals surface area (Å²) < 4.78 is 5.83. The predicted molar refractivity (Wildman–Crippen MR) is 102 cm³/mol. The number of nitrogens with one attached hydrogen (secondary N) is 2. The first-order valence-corrected chi connectivity index (χ1v) is 9.30. The number of carbonyl (C=O) groups is 1. The van der Waals surface area contributed by atoms with Gasteiger partial charge in [-0.1, -0.05) is 46.0 Å². The van der Waals surface area contributed by atoms with Gasteiger partial charge in [0.2, 0.25) is 5.91 Å². The molecule has 5 heteroatoms. The number of rotatable bonds is 6. The Kier molecular flexibility index (Phi) is 7.50. The second kappa shape index (κ2) is 9.62. The van der Waals surface area contributed by atoms with Crippen LogP contribution in [0, 0.1) is 11.8 Å². The lowest BCUT2D eigenvalue weighted by atomic mass is 9.87. The van der Waals surface area contributed by atoms with E-state index in [1.54, 1.807) is 0 Å². The fraction of sp³-hybridized carbons (Fsp3) is 0.579. The highest BCUT2D eigenvalue weighted by molar-refractivity contribution is 7.80. The molecule has 1 aromatic rings.